The van der Waals surface area contributed by atoms with Crippen LogP contribution in [-0.4, -0.2) is 49.9 Å². The summed E-state index contributed by atoms with van der Waals surface area (Å²) in [7, 11) is 3.44. The highest BCUT2D eigenvalue weighted by Gasteiger charge is 2.16. The van der Waals surface area contributed by atoms with Gasteiger partial charge in [0.2, 0.25) is 0 Å². The minimum atomic E-state index is 0.00238. The van der Waals surface area contributed by atoms with E-state index in [1.807, 2.05) is 6.92 Å². The summed E-state index contributed by atoms with van der Waals surface area (Å²) in [6.45, 7) is 7.19. The molecule has 0 radical (unpaired) electrons. The molecule has 0 aliphatic carbocycles. The molecule has 0 bridgehead atoms. The maximum absolute atomic E-state index is 5.84. The largest absolute Gasteiger partial charge is 0.383 e. The summed E-state index contributed by atoms with van der Waals surface area (Å²) in [5.41, 5.74) is 6.91. The highest BCUT2D eigenvalue weighted by Crippen LogP contribution is 2.17. The first kappa shape index (κ1) is 16.5. The molecule has 5 nitrogen and oxygen atoms in total. The molecule has 0 amide bonds. The monoisotopic (exact) mass is 287 g/mol. The van der Waals surface area contributed by atoms with Gasteiger partial charge in [-0.15, -0.1) is 11.3 Å². The number of ether oxygens (including phenoxy) is 2. The molecule has 0 saturated heterocycles. The molecule has 0 aliphatic rings. The summed E-state index contributed by atoms with van der Waals surface area (Å²) in [6, 6.07) is 0.336. The number of hydrogen-bond acceptors (Lipinski definition) is 6. The lowest BCUT2D eigenvalue weighted by molar-refractivity contribution is 0.0698. The molecule has 1 rings (SSSR count). The van der Waals surface area contributed by atoms with E-state index in [1.54, 1.807) is 25.6 Å². The zero-order valence-electron chi connectivity index (χ0n) is 12.3. The molecular weight excluding hydrogens is 262 g/mol. The normalized spacial score (nSPS) is 14.8. The Morgan fingerprint density at radius 1 is 1.37 bits per heavy atom. The third-order valence-electron chi connectivity index (χ3n) is 2.94. The van der Waals surface area contributed by atoms with E-state index in [-0.39, 0.29) is 6.04 Å². The van der Waals surface area contributed by atoms with E-state index in [9.17, 15) is 0 Å². The second-order valence-corrected chi connectivity index (χ2v) is 5.62. The first-order valence-electron chi connectivity index (χ1n) is 6.50. The number of thiazole rings is 1. The van der Waals surface area contributed by atoms with E-state index in [0.29, 0.717) is 19.3 Å². The first-order valence-corrected chi connectivity index (χ1v) is 7.38. The van der Waals surface area contributed by atoms with Gasteiger partial charge >= 0.3 is 0 Å². The van der Waals surface area contributed by atoms with Gasteiger partial charge in [-0.2, -0.15) is 0 Å². The van der Waals surface area contributed by atoms with Crippen molar-refractivity contribution in [2.75, 3.05) is 34.0 Å². The minimum Gasteiger partial charge on any atom is -0.383 e. The van der Waals surface area contributed by atoms with Gasteiger partial charge in [-0.05, 0) is 13.8 Å². The Hall–Kier alpha value is -0.530. The Bertz CT molecular complexity index is 357. The predicted molar refractivity (Wildman–Crippen MR) is 78.3 cm³/mol. The zero-order valence-corrected chi connectivity index (χ0v) is 13.1. The van der Waals surface area contributed by atoms with Crippen LogP contribution in [0.2, 0.25) is 0 Å². The van der Waals surface area contributed by atoms with Gasteiger partial charge in [-0.25, -0.2) is 4.98 Å². The molecule has 0 aliphatic heterocycles. The number of methoxy groups -OCH3 is 2. The van der Waals surface area contributed by atoms with Gasteiger partial charge in [-0.3, -0.25) is 4.90 Å². The van der Waals surface area contributed by atoms with Crippen LogP contribution in [0.1, 0.15) is 30.6 Å². The first-order chi connectivity index (χ1) is 9.08. The van der Waals surface area contributed by atoms with Crippen molar-refractivity contribution < 1.29 is 9.47 Å². The Balaban J connectivity index is 2.63. The van der Waals surface area contributed by atoms with Gasteiger partial charge < -0.3 is 15.2 Å². The molecule has 2 N–H and O–H groups in total. The summed E-state index contributed by atoms with van der Waals surface area (Å²) in [5.74, 6) is 0. The van der Waals surface area contributed by atoms with Gasteiger partial charge in [0.25, 0.3) is 0 Å². The van der Waals surface area contributed by atoms with Crippen LogP contribution in [0.5, 0.6) is 0 Å². The standard InChI is InChI=1S/C13H25N3O2S/c1-10(8-18-4)16(5-6-17-3)7-12-9-19-13(15-12)11(2)14/h9-11H,5-8,14H2,1-4H3. The van der Waals surface area contributed by atoms with Crippen LogP contribution < -0.4 is 5.73 Å². The van der Waals surface area contributed by atoms with E-state index < -0.39 is 0 Å². The van der Waals surface area contributed by atoms with Gasteiger partial charge in [-0.1, -0.05) is 0 Å². The number of nitrogens with two attached hydrogens (primary N) is 1. The summed E-state index contributed by atoms with van der Waals surface area (Å²) in [5, 5.41) is 3.07. The molecule has 0 fully saturated rings. The highest BCUT2D eigenvalue weighted by atomic mass is 32.1. The fourth-order valence-corrected chi connectivity index (χ4v) is 2.59. The van der Waals surface area contributed by atoms with E-state index in [1.165, 1.54) is 0 Å². The van der Waals surface area contributed by atoms with Crippen LogP contribution in [0.25, 0.3) is 0 Å². The van der Waals surface area contributed by atoms with Crippen molar-refractivity contribution in [2.45, 2.75) is 32.5 Å². The lowest BCUT2D eigenvalue weighted by Gasteiger charge is -2.27. The van der Waals surface area contributed by atoms with Crippen LogP contribution in [0.15, 0.2) is 5.38 Å². The van der Waals surface area contributed by atoms with Crippen molar-refractivity contribution in [1.29, 1.82) is 0 Å². The number of nitrogens with zero attached hydrogens (tertiary/aromatic N) is 2. The Labute approximate surface area is 119 Å². The maximum Gasteiger partial charge on any atom is 0.109 e. The second kappa shape index (κ2) is 8.60. The summed E-state index contributed by atoms with van der Waals surface area (Å²) in [6.07, 6.45) is 0. The fraction of sp³-hybridized carbons (Fsp3) is 0.769. The maximum atomic E-state index is 5.84. The van der Waals surface area contributed by atoms with E-state index in [0.717, 1.165) is 23.8 Å². The van der Waals surface area contributed by atoms with Gasteiger partial charge in [0.05, 0.1) is 24.9 Å². The average molecular weight is 287 g/mol. The molecule has 2 atom stereocenters. The van der Waals surface area contributed by atoms with Crippen LogP contribution in [0.3, 0.4) is 0 Å². The van der Waals surface area contributed by atoms with E-state index >= 15 is 0 Å². The molecule has 0 spiro atoms. The molecule has 19 heavy (non-hydrogen) atoms. The third-order valence-corrected chi connectivity index (χ3v) is 4.03. The Morgan fingerprint density at radius 3 is 2.63 bits per heavy atom. The molecule has 0 aromatic carbocycles. The molecule has 2 unspecified atom stereocenters. The molecule has 0 saturated carbocycles. The van der Waals surface area contributed by atoms with E-state index in [4.69, 9.17) is 15.2 Å². The molecule has 1 heterocycles. The van der Waals surface area contributed by atoms with Crippen molar-refractivity contribution >= 4 is 11.3 Å². The SMILES string of the molecule is COCCN(Cc1csc(C(C)N)n1)C(C)COC. The summed E-state index contributed by atoms with van der Waals surface area (Å²) < 4.78 is 10.4. The van der Waals surface area contributed by atoms with Gasteiger partial charge in [0.15, 0.2) is 0 Å². The van der Waals surface area contributed by atoms with Crippen molar-refractivity contribution in [1.82, 2.24) is 9.88 Å². The van der Waals surface area contributed by atoms with Crippen LogP contribution >= 0.6 is 11.3 Å². The second-order valence-electron chi connectivity index (χ2n) is 4.73. The summed E-state index contributed by atoms with van der Waals surface area (Å²) in [4.78, 5) is 6.88. The molecule has 6 heteroatoms. The lowest BCUT2D eigenvalue weighted by Crippen LogP contribution is -2.38. The quantitative estimate of drug-likeness (QED) is 0.748. The predicted octanol–water partition coefficient (Wildman–Crippen LogP) is 1.65. The van der Waals surface area contributed by atoms with Gasteiger partial charge in [0, 0.05) is 38.7 Å². The Kier molecular flexibility index (Phi) is 7.48. The van der Waals surface area contributed by atoms with Gasteiger partial charge in [0.1, 0.15) is 5.01 Å². The topological polar surface area (TPSA) is 60.6 Å². The number of aromatic nitrogens is 1. The minimum absolute atomic E-state index is 0.00238. The summed E-state index contributed by atoms with van der Waals surface area (Å²) >= 11 is 1.62. The van der Waals surface area contributed by atoms with Crippen LogP contribution in [-0.2, 0) is 16.0 Å². The van der Waals surface area contributed by atoms with Crippen molar-refractivity contribution in [3.05, 3.63) is 16.1 Å². The highest BCUT2D eigenvalue weighted by molar-refractivity contribution is 7.09. The smallest absolute Gasteiger partial charge is 0.109 e. The fourth-order valence-electron chi connectivity index (χ4n) is 1.82. The third kappa shape index (κ3) is 5.54. The number of rotatable bonds is 9. The van der Waals surface area contributed by atoms with E-state index in [2.05, 4.69) is 22.2 Å². The Morgan fingerprint density at radius 2 is 2.11 bits per heavy atom. The molecular formula is C13H25N3O2S. The van der Waals surface area contributed by atoms with Crippen LogP contribution in [0.4, 0.5) is 0 Å². The average Bonchev–Trinajstić information content (AvgIpc) is 2.83. The zero-order chi connectivity index (χ0) is 14.3. The van der Waals surface area contributed by atoms with Crippen LogP contribution in [0, 0.1) is 0 Å². The van der Waals surface area contributed by atoms with Crippen molar-refractivity contribution in [3.63, 3.8) is 0 Å². The lowest BCUT2D eigenvalue weighted by atomic mass is 10.2. The van der Waals surface area contributed by atoms with Crippen molar-refractivity contribution in [2.24, 2.45) is 5.73 Å². The molecule has 1 aromatic heterocycles. The van der Waals surface area contributed by atoms with Crippen molar-refractivity contribution in [3.8, 4) is 0 Å². The molecule has 1 aromatic rings. The molecule has 110 valence electrons. The number of hydrogen-bond donors (Lipinski definition) is 1.